The van der Waals surface area contributed by atoms with Crippen molar-refractivity contribution in [2.45, 2.75) is 44.7 Å². The maximum atomic E-state index is 2.75. The lowest BCUT2D eigenvalue weighted by molar-refractivity contribution is -0.0205. The van der Waals surface area contributed by atoms with Crippen LogP contribution in [0, 0.1) is 5.92 Å². The molecule has 0 saturated carbocycles. The van der Waals surface area contributed by atoms with Gasteiger partial charge in [-0.2, -0.15) is 0 Å². The summed E-state index contributed by atoms with van der Waals surface area (Å²) in [7, 11) is 0. The molecule has 0 N–H and O–H groups in total. The lowest BCUT2D eigenvalue weighted by atomic mass is 9.78. The van der Waals surface area contributed by atoms with Crippen LogP contribution in [-0.4, -0.2) is 30.2 Å². The van der Waals surface area contributed by atoms with Crippen molar-refractivity contribution < 1.29 is 0 Å². The van der Waals surface area contributed by atoms with E-state index in [0.29, 0.717) is 0 Å². The fourth-order valence-electron chi connectivity index (χ4n) is 4.61. The molecule has 4 aliphatic heterocycles. The lowest BCUT2D eigenvalue weighted by Gasteiger charge is -2.59. The summed E-state index contributed by atoms with van der Waals surface area (Å²) in [6, 6.07) is 9.05. The third-order valence-electron chi connectivity index (χ3n) is 5.66. The summed E-state index contributed by atoms with van der Waals surface area (Å²) in [5.74, 6) is 0.962. The van der Waals surface area contributed by atoms with E-state index in [1.54, 1.807) is 5.56 Å². The van der Waals surface area contributed by atoms with Crippen molar-refractivity contribution in [3.05, 3.63) is 29.8 Å². The Kier molecular flexibility index (Phi) is 5.12. The molecule has 0 spiro atoms. The fraction of sp³-hybridized carbons (Fsp3) is 0.647. The molecule has 5 rings (SSSR count). The van der Waals surface area contributed by atoms with Crippen LogP contribution in [-0.2, 0) is 6.42 Å². The van der Waals surface area contributed by atoms with Gasteiger partial charge in [0, 0.05) is 25.3 Å². The number of piperidine rings is 3. The first kappa shape index (κ1) is 16.9. The number of aryl methyl sites for hydroxylation is 1. The van der Waals surface area contributed by atoms with Gasteiger partial charge in [0.25, 0.3) is 0 Å². The second-order valence-corrected chi connectivity index (χ2v) is 6.74. The average Bonchev–Trinajstić information content (AvgIpc) is 2.47. The van der Waals surface area contributed by atoms with Crippen molar-refractivity contribution in [3.63, 3.8) is 0 Å². The highest BCUT2D eigenvalue weighted by Gasteiger charge is 2.46. The molecule has 4 heteroatoms. The highest BCUT2D eigenvalue weighted by atomic mass is 35.5. The molecule has 0 amide bonds. The maximum Gasteiger partial charge on any atom is 0.0907 e. The largest absolute Gasteiger partial charge is 0.353 e. The Labute approximate surface area is 140 Å². The summed E-state index contributed by atoms with van der Waals surface area (Å²) in [5.41, 5.74) is 3.33. The SMILES string of the molecule is CC1(N2CCCc3ccccc32)CC2CCN1CC2.Cl.Cl. The van der Waals surface area contributed by atoms with Crippen LogP contribution in [0.15, 0.2) is 24.3 Å². The molecule has 0 aliphatic carbocycles. The minimum Gasteiger partial charge on any atom is -0.353 e. The summed E-state index contributed by atoms with van der Waals surface area (Å²) in [5, 5.41) is 0. The van der Waals surface area contributed by atoms with Crippen molar-refractivity contribution >= 4 is 30.5 Å². The lowest BCUT2D eigenvalue weighted by Crippen LogP contribution is -2.66. The van der Waals surface area contributed by atoms with Crippen molar-refractivity contribution in [2.75, 3.05) is 24.5 Å². The van der Waals surface area contributed by atoms with E-state index in [1.165, 1.54) is 57.4 Å². The number of hydrogen-bond acceptors (Lipinski definition) is 2. The zero-order valence-corrected chi connectivity index (χ0v) is 14.4. The van der Waals surface area contributed by atoms with E-state index < -0.39 is 0 Å². The van der Waals surface area contributed by atoms with Crippen LogP contribution >= 0.6 is 24.8 Å². The third kappa shape index (κ3) is 2.67. The molecule has 2 nitrogen and oxygen atoms in total. The van der Waals surface area contributed by atoms with E-state index in [0.717, 1.165) is 5.92 Å². The molecule has 118 valence electrons. The Morgan fingerprint density at radius 1 is 1.05 bits per heavy atom. The first-order valence-corrected chi connectivity index (χ1v) is 7.88. The van der Waals surface area contributed by atoms with E-state index in [9.17, 15) is 0 Å². The summed E-state index contributed by atoms with van der Waals surface area (Å²) in [6.45, 7) is 6.33. The highest BCUT2D eigenvalue weighted by Crippen LogP contribution is 2.44. The number of nitrogens with zero attached hydrogens (tertiary/aromatic N) is 2. The van der Waals surface area contributed by atoms with Gasteiger partial charge < -0.3 is 4.90 Å². The molecule has 0 radical (unpaired) electrons. The van der Waals surface area contributed by atoms with Crippen LogP contribution in [0.2, 0.25) is 0 Å². The Bertz CT molecular complexity index is 485. The molecule has 1 aromatic rings. The third-order valence-corrected chi connectivity index (χ3v) is 5.66. The van der Waals surface area contributed by atoms with Crippen LogP contribution in [0.3, 0.4) is 0 Å². The Balaban J connectivity index is 0.000000807. The maximum absolute atomic E-state index is 2.75. The van der Waals surface area contributed by atoms with Gasteiger partial charge in [0.1, 0.15) is 0 Å². The van der Waals surface area contributed by atoms with E-state index in [-0.39, 0.29) is 30.5 Å². The second kappa shape index (κ2) is 6.36. The molecule has 4 aliphatic rings. The Morgan fingerprint density at radius 2 is 1.76 bits per heavy atom. The predicted octanol–water partition coefficient (Wildman–Crippen LogP) is 4.11. The number of para-hydroxylation sites is 1. The van der Waals surface area contributed by atoms with Gasteiger partial charge in [-0.25, -0.2) is 0 Å². The van der Waals surface area contributed by atoms with E-state index >= 15 is 0 Å². The van der Waals surface area contributed by atoms with Crippen LogP contribution < -0.4 is 4.90 Å². The number of anilines is 1. The fourth-order valence-corrected chi connectivity index (χ4v) is 4.61. The van der Waals surface area contributed by atoms with Crippen molar-refractivity contribution in [1.29, 1.82) is 0 Å². The number of fused-ring (bicyclic) bond motifs is 4. The second-order valence-electron chi connectivity index (χ2n) is 6.74. The minimum absolute atomic E-state index is 0. The van der Waals surface area contributed by atoms with Gasteiger partial charge in [-0.15, -0.1) is 24.8 Å². The first-order chi connectivity index (χ1) is 9.27. The van der Waals surface area contributed by atoms with Gasteiger partial charge in [-0.05, 0) is 56.6 Å². The molecule has 1 aromatic carbocycles. The molecule has 2 bridgehead atoms. The smallest absolute Gasteiger partial charge is 0.0907 e. The Morgan fingerprint density at radius 3 is 2.43 bits per heavy atom. The highest BCUT2D eigenvalue weighted by molar-refractivity contribution is 5.85. The number of hydrogen-bond donors (Lipinski definition) is 0. The van der Waals surface area contributed by atoms with Crippen molar-refractivity contribution in [2.24, 2.45) is 5.92 Å². The van der Waals surface area contributed by atoms with Crippen molar-refractivity contribution in [3.8, 4) is 0 Å². The van der Waals surface area contributed by atoms with Gasteiger partial charge in [0.05, 0.1) is 5.66 Å². The van der Waals surface area contributed by atoms with Crippen LogP contribution in [0.25, 0.3) is 0 Å². The summed E-state index contributed by atoms with van der Waals surface area (Å²) in [6.07, 6.45) is 6.77. The number of halogens is 2. The summed E-state index contributed by atoms with van der Waals surface area (Å²) >= 11 is 0. The van der Waals surface area contributed by atoms with Crippen LogP contribution in [0.4, 0.5) is 5.69 Å². The monoisotopic (exact) mass is 328 g/mol. The zero-order chi connectivity index (χ0) is 12.9. The number of benzene rings is 1. The van der Waals surface area contributed by atoms with Gasteiger partial charge in [0.2, 0.25) is 0 Å². The quantitative estimate of drug-likeness (QED) is 0.765. The van der Waals surface area contributed by atoms with Gasteiger partial charge in [0.15, 0.2) is 0 Å². The average molecular weight is 329 g/mol. The van der Waals surface area contributed by atoms with Crippen LogP contribution in [0.1, 0.15) is 38.2 Å². The molecule has 3 fully saturated rings. The molecular weight excluding hydrogens is 303 g/mol. The topological polar surface area (TPSA) is 6.48 Å². The van der Waals surface area contributed by atoms with E-state index in [4.69, 9.17) is 0 Å². The van der Waals surface area contributed by atoms with Gasteiger partial charge in [-0.1, -0.05) is 18.2 Å². The van der Waals surface area contributed by atoms with Gasteiger partial charge >= 0.3 is 0 Å². The summed E-state index contributed by atoms with van der Waals surface area (Å²) < 4.78 is 0. The molecule has 1 atom stereocenters. The molecule has 3 saturated heterocycles. The molecule has 0 aromatic heterocycles. The standard InChI is InChI=1S/C17H24N2.2ClH/c1-17(13-14-8-11-18(17)12-9-14)19-10-4-6-15-5-2-3-7-16(15)19;;/h2-3,5,7,14H,4,6,8-13H2,1H3;2*1H. The van der Waals surface area contributed by atoms with E-state index in [2.05, 4.69) is 41.0 Å². The normalized spacial score (nSPS) is 33.7. The molecular formula is C17H26Cl2N2. The van der Waals surface area contributed by atoms with Crippen LogP contribution in [0.5, 0.6) is 0 Å². The summed E-state index contributed by atoms with van der Waals surface area (Å²) in [4.78, 5) is 5.46. The molecule has 1 unspecified atom stereocenters. The molecule has 21 heavy (non-hydrogen) atoms. The zero-order valence-electron chi connectivity index (χ0n) is 12.8. The molecule has 4 heterocycles. The first-order valence-electron chi connectivity index (χ1n) is 7.88. The Hall–Kier alpha value is -0.440. The van der Waals surface area contributed by atoms with Gasteiger partial charge in [-0.3, -0.25) is 4.90 Å². The number of rotatable bonds is 1. The van der Waals surface area contributed by atoms with Crippen molar-refractivity contribution in [1.82, 2.24) is 4.90 Å². The van der Waals surface area contributed by atoms with E-state index in [1.807, 2.05) is 0 Å². The predicted molar refractivity (Wildman–Crippen MR) is 93.9 cm³/mol. The minimum atomic E-state index is 0.